The van der Waals surface area contributed by atoms with Gasteiger partial charge >= 0.3 is 5.97 Å². The van der Waals surface area contributed by atoms with Gasteiger partial charge in [-0.3, -0.25) is 0 Å². The first kappa shape index (κ1) is 23.8. The van der Waals surface area contributed by atoms with Crippen LogP contribution in [0.25, 0.3) is 11.5 Å². The number of hydrogen-bond acceptors (Lipinski definition) is 6. The molecule has 0 spiro atoms. The molecular formula is C28H29NO4S. The van der Waals surface area contributed by atoms with E-state index in [9.17, 15) is 4.79 Å². The van der Waals surface area contributed by atoms with E-state index in [1.165, 1.54) is 12.0 Å². The van der Waals surface area contributed by atoms with Crippen LogP contribution >= 0.6 is 11.3 Å². The SMILES string of the molecule is COC(=O)C(C)(Cc1ccc(CCCc2nc(-c3ccccc3)oc2C)s1)Oc1ccccc1. The summed E-state index contributed by atoms with van der Waals surface area (Å²) in [4.78, 5) is 19.6. The summed E-state index contributed by atoms with van der Waals surface area (Å²) < 4.78 is 17.0. The zero-order chi connectivity index (χ0) is 24.0. The minimum atomic E-state index is -1.09. The third-order valence-corrected chi connectivity index (χ3v) is 6.83. The van der Waals surface area contributed by atoms with Crippen molar-refractivity contribution in [3.63, 3.8) is 0 Å². The highest BCUT2D eigenvalue weighted by Gasteiger charge is 2.37. The molecule has 176 valence electrons. The highest BCUT2D eigenvalue weighted by atomic mass is 32.1. The van der Waals surface area contributed by atoms with Crippen LogP contribution in [-0.4, -0.2) is 23.7 Å². The van der Waals surface area contributed by atoms with Crippen LogP contribution in [0.3, 0.4) is 0 Å². The van der Waals surface area contributed by atoms with Crippen LogP contribution in [0.4, 0.5) is 0 Å². The Morgan fingerprint density at radius 3 is 2.35 bits per heavy atom. The number of benzene rings is 2. The molecule has 1 atom stereocenters. The maximum absolute atomic E-state index is 12.6. The van der Waals surface area contributed by atoms with Crippen molar-refractivity contribution in [2.24, 2.45) is 0 Å². The summed E-state index contributed by atoms with van der Waals surface area (Å²) in [5.41, 5.74) is 0.903. The Kier molecular flexibility index (Phi) is 7.48. The first-order valence-electron chi connectivity index (χ1n) is 11.4. The lowest BCUT2D eigenvalue weighted by Gasteiger charge is -2.27. The van der Waals surface area contributed by atoms with E-state index >= 15 is 0 Å². The Morgan fingerprint density at radius 2 is 1.65 bits per heavy atom. The van der Waals surface area contributed by atoms with Crippen LogP contribution in [-0.2, 0) is 28.8 Å². The monoisotopic (exact) mass is 475 g/mol. The predicted octanol–water partition coefficient (Wildman–Crippen LogP) is 6.44. The van der Waals surface area contributed by atoms with Crippen molar-refractivity contribution in [2.45, 2.75) is 45.1 Å². The number of hydrogen-bond donors (Lipinski definition) is 0. The lowest BCUT2D eigenvalue weighted by Crippen LogP contribution is -2.44. The van der Waals surface area contributed by atoms with Crippen molar-refractivity contribution in [3.05, 3.63) is 94.0 Å². The number of rotatable bonds is 10. The zero-order valence-electron chi connectivity index (χ0n) is 19.7. The van der Waals surface area contributed by atoms with E-state index in [1.54, 1.807) is 18.3 Å². The van der Waals surface area contributed by atoms with Gasteiger partial charge in [0.25, 0.3) is 0 Å². The summed E-state index contributed by atoms with van der Waals surface area (Å²) in [6.07, 6.45) is 3.21. The maximum Gasteiger partial charge on any atom is 0.350 e. The summed E-state index contributed by atoms with van der Waals surface area (Å²) in [6.45, 7) is 3.75. The van der Waals surface area contributed by atoms with Gasteiger partial charge < -0.3 is 13.9 Å². The van der Waals surface area contributed by atoms with Crippen LogP contribution in [0.15, 0.2) is 77.2 Å². The topological polar surface area (TPSA) is 61.6 Å². The summed E-state index contributed by atoms with van der Waals surface area (Å²) in [6, 6.07) is 23.5. The number of carbonyl (C=O) groups is 1. The third kappa shape index (κ3) is 5.75. The van der Waals surface area contributed by atoms with Crippen molar-refractivity contribution in [3.8, 4) is 17.2 Å². The van der Waals surface area contributed by atoms with E-state index in [0.29, 0.717) is 18.1 Å². The van der Waals surface area contributed by atoms with Gasteiger partial charge in [-0.1, -0.05) is 36.4 Å². The quantitative estimate of drug-likeness (QED) is 0.247. The highest BCUT2D eigenvalue weighted by Crippen LogP contribution is 2.28. The third-order valence-electron chi connectivity index (χ3n) is 5.68. The number of ether oxygens (including phenoxy) is 2. The van der Waals surface area contributed by atoms with Crippen LogP contribution in [0.1, 0.15) is 34.6 Å². The summed E-state index contributed by atoms with van der Waals surface area (Å²) in [7, 11) is 1.39. The molecule has 4 rings (SSSR count). The first-order chi connectivity index (χ1) is 16.5. The summed E-state index contributed by atoms with van der Waals surface area (Å²) >= 11 is 1.71. The van der Waals surface area contributed by atoms with Crippen molar-refractivity contribution in [2.75, 3.05) is 7.11 Å². The van der Waals surface area contributed by atoms with Crippen LogP contribution in [0, 0.1) is 6.92 Å². The highest BCUT2D eigenvalue weighted by molar-refractivity contribution is 7.12. The molecule has 0 fully saturated rings. The number of para-hydroxylation sites is 1. The molecule has 0 aliphatic rings. The lowest BCUT2D eigenvalue weighted by molar-refractivity contribution is -0.157. The van der Waals surface area contributed by atoms with Gasteiger partial charge in [-0.05, 0) is 69.5 Å². The number of aryl methyl sites for hydroxylation is 3. The molecule has 0 saturated heterocycles. The molecule has 0 radical (unpaired) electrons. The smallest absolute Gasteiger partial charge is 0.350 e. The number of methoxy groups -OCH3 is 1. The summed E-state index contributed by atoms with van der Waals surface area (Å²) in [5.74, 6) is 1.80. The Morgan fingerprint density at radius 1 is 0.971 bits per heavy atom. The average molecular weight is 476 g/mol. The largest absolute Gasteiger partial charge is 0.475 e. The van der Waals surface area contributed by atoms with Crippen molar-refractivity contribution >= 4 is 17.3 Å². The number of carbonyl (C=O) groups excluding carboxylic acids is 1. The Bertz CT molecular complexity index is 1220. The Hall–Kier alpha value is -3.38. The van der Waals surface area contributed by atoms with Gasteiger partial charge in [-0.15, -0.1) is 11.3 Å². The fraction of sp³-hybridized carbons (Fsp3) is 0.286. The molecule has 0 N–H and O–H groups in total. The molecule has 4 aromatic rings. The number of thiophene rings is 1. The van der Waals surface area contributed by atoms with E-state index in [0.717, 1.165) is 41.2 Å². The normalized spacial score (nSPS) is 12.8. The standard InChI is InChI=1S/C28H29NO4S/c1-20-25(29-26(32-20)21-11-6-4-7-12-21)16-10-15-23-17-18-24(34-23)19-28(2,27(30)31-3)33-22-13-8-5-9-14-22/h4-9,11-14,17-18H,10,15-16,19H2,1-3H3. The van der Waals surface area contributed by atoms with Crippen molar-refractivity contribution in [1.82, 2.24) is 4.98 Å². The fourth-order valence-corrected chi connectivity index (χ4v) is 5.10. The Labute approximate surface area is 204 Å². The molecule has 2 aromatic heterocycles. The van der Waals surface area contributed by atoms with Gasteiger partial charge in [-0.25, -0.2) is 9.78 Å². The molecule has 0 saturated carbocycles. The van der Waals surface area contributed by atoms with Crippen LogP contribution in [0.5, 0.6) is 5.75 Å². The van der Waals surface area contributed by atoms with Gasteiger partial charge in [0.2, 0.25) is 11.5 Å². The Balaban J connectivity index is 1.37. The second-order valence-electron chi connectivity index (χ2n) is 8.42. The number of oxazole rings is 1. The number of nitrogens with zero attached hydrogens (tertiary/aromatic N) is 1. The zero-order valence-corrected chi connectivity index (χ0v) is 20.6. The number of esters is 1. The van der Waals surface area contributed by atoms with Crippen LogP contribution < -0.4 is 4.74 Å². The van der Waals surface area contributed by atoms with Gasteiger partial charge in [0.1, 0.15) is 11.5 Å². The van der Waals surface area contributed by atoms with Crippen LogP contribution in [0.2, 0.25) is 0 Å². The first-order valence-corrected chi connectivity index (χ1v) is 12.2. The van der Waals surface area contributed by atoms with Crippen molar-refractivity contribution in [1.29, 1.82) is 0 Å². The van der Waals surface area contributed by atoms with Gasteiger partial charge in [0, 0.05) is 21.7 Å². The molecule has 2 heterocycles. The number of aromatic nitrogens is 1. The predicted molar refractivity (Wildman–Crippen MR) is 134 cm³/mol. The minimum absolute atomic E-state index is 0.387. The van der Waals surface area contributed by atoms with E-state index < -0.39 is 5.60 Å². The van der Waals surface area contributed by atoms with E-state index in [1.807, 2.05) is 67.6 Å². The van der Waals surface area contributed by atoms with E-state index in [4.69, 9.17) is 18.9 Å². The lowest BCUT2D eigenvalue weighted by atomic mass is 10.0. The van der Waals surface area contributed by atoms with Crippen molar-refractivity contribution < 1.29 is 18.7 Å². The molecule has 0 aliphatic heterocycles. The van der Waals surface area contributed by atoms with Gasteiger partial charge in [-0.2, -0.15) is 0 Å². The summed E-state index contributed by atoms with van der Waals surface area (Å²) in [5, 5.41) is 0. The maximum atomic E-state index is 12.6. The minimum Gasteiger partial charge on any atom is -0.475 e. The van der Waals surface area contributed by atoms with E-state index in [2.05, 4.69) is 12.1 Å². The molecule has 1 unspecified atom stereocenters. The molecule has 0 amide bonds. The molecule has 0 bridgehead atoms. The molecule has 2 aromatic carbocycles. The second kappa shape index (κ2) is 10.7. The van der Waals surface area contributed by atoms with E-state index in [-0.39, 0.29) is 5.97 Å². The molecule has 34 heavy (non-hydrogen) atoms. The average Bonchev–Trinajstić information content (AvgIpc) is 3.45. The molecule has 0 aliphatic carbocycles. The molecule has 6 heteroatoms. The van der Waals surface area contributed by atoms with Gasteiger partial charge in [0.05, 0.1) is 12.8 Å². The van der Waals surface area contributed by atoms with Gasteiger partial charge in [0.15, 0.2) is 0 Å². The molecule has 5 nitrogen and oxygen atoms in total. The second-order valence-corrected chi connectivity index (χ2v) is 9.68. The molecular weight excluding hydrogens is 446 g/mol. The fourth-order valence-electron chi connectivity index (χ4n) is 3.89.